The van der Waals surface area contributed by atoms with Crippen molar-refractivity contribution in [3.8, 4) is 0 Å². The van der Waals surface area contributed by atoms with Gasteiger partial charge in [0.25, 0.3) is 0 Å². The van der Waals surface area contributed by atoms with Crippen molar-refractivity contribution in [3.05, 3.63) is 23.5 Å². The van der Waals surface area contributed by atoms with Crippen LogP contribution in [0.5, 0.6) is 0 Å². The van der Waals surface area contributed by atoms with E-state index in [1.807, 2.05) is 11.6 Å². The summed E-state index contributed by atoms with van der Waals surface area (Å²) in [5, 5.41) is 2.04. The Morgan fingerprint density at radius 1 is 1.72 bits per heavy atom. The SMILES string of the molecule is CC1CC(C(Cc2cn3ccsc3n2)NN)CO1. The molecule has 98 valence electrons. The first-order valence-corrected chi connectivity index (χ1v) is 7.13. The minimum atomic E-state index is 0.236. The average molecular weight is 266 g/mol. The number of rotatable bonds is 4. The van der Waals surface area contributed by atoms with E-state index in [-0.39, 0.29) is 6.04 Å². The normalized spacial score (nSPS) is 25.9. The van der Waals surface area contributed by atoms with Crippen LogP contribution < -0.4 is 11.3 Å². The Kier molecular flexibility index (Phi) is 3.34. The number of hydrogen-bond acceptors (Lipinski definition) is 5. The fraction of sp³-hybridized carbons (Fsp3) is 0.583. The summed E-state index contributed by atoms with van der Waals surface area (Å²) in [5.74, 6) is 6.15. The Morgan fingerprint density at radius 3 is 3.28 bits per heavy atom. The Hall–Kier alpha value is -0.950. The minimum Gasteiger partial charge on any atom is -0.378 e. The largest absolute Gasteiger partial charge is 0.378 e. The maximum atomic E-state index is 5.68. The van der Waals surface area contributed by atoms with Crippen LogP contribution >= 0.6 is 11.3 Å². The average Bonchev–Trinajstić information content (AvgIpc) is 3.00. The Labute approximate surface area is 110 Å². The second kappa shape index (κ2) is 4.97. The number of fused-ring (bicyclic) bond motifs is 1. The number of imidazole rings is 1. The fourth-order valence-electron chi connectivity index (χ4n) is 2.59. The molecule has 3 rings (SSSR count). The van der Waals surface area contributed by atoms with Gasteiger partial charge in [-0.05, 0) is 13.3 Å². The van der Waals surface area contributed by atoms with E-state index in [9.17, 15) is 0 Å². The minimum absolute atomic E-state index is 0.236. The number of hydrazine groups is 1. The van der Waals surface area contributed by atoms with E-state index in [0.29, 0.717) is 12.0 Å². The molecule has 5 nitrogen and oxygen atoms in total. The Morgan fingerprint density at radius 2 is 2.61 bits per heavy atom. The topological polar surface area (TPSA) is 64.6 Å². The van der Waals surface area contributed by atoms with Crippen LogP contribution in [0.3, 0.4) is 0 Å². The Balaban J connectivity index is 1.71. The summed E-state index contributed by atoms with van der Waals surface area (Å²) < 4.78 is 7.67. The van der Waals surface area contributed by atoms with Crippen molar-refractivity contribution in [1.29, 1.82) is 0 Å². The predicted octanol–water partition coefficient (Wildman–Crippen LogP) is 1.20. The molecule has 3 heterocycles. The Bertz CT molecular complexity index is 494. The molecular weight excluding hydrogens is 248 g/mol. The highest BCUT2D eigenvalue weighted by Gasteiger charge is 2.29. The van der Waals surface area contributed by atoms with Crippen molar-refractivity contribution >= 4 is 16.3 Å². The maximum absolute atomic E-state index is 5.68. The van der Waals surface area contributed by atoms with E-state index in [4.69, 9.17) is 10.6 Å². The zero-order chi connectivity index (χ0) is 12.5. The molecule has 1 aliphatic heterocycles. The van der Waals surface area contributed by atoms with Crippen molar-refractivity contribution in [2.45, 2.75) is 31.9 Å². The van der Waals surface area contributed by atoms with Crippen molar-refractivity contribution in [2.24, 2.45) is 11.8 Å². The molecule has 2 aromatic rings. The quantitative estimate of drug-likeness (QED) is 0.644. The summed E-state index contributed by atoms with van der Waals surface area (Å²) in [6.45, 7) is 2.90. The number of nitrogens with one attached hydrogen (secondary N) is 1. The lowest BCUT2D eigenvalue weighted by atomic mass is 9.94. The third-order valence-corrected chi connectivity index (χ3v) is 4.36. The number of hydrogen-bond donors (Lipinski definition) is 2. The lowest BCUT2D eigenvalue weighted by Gasteiger charge is -2.20. The third kappa shape index (κ3) is 2.29. The number of ether oxygens (including phenoxy) is 1. The zero-order valence-corrected chi connectivity index (χ0v) is 11.2. The van der Waals surface area contributed by atoms with Gasteiger partial charge < -0.3 is 4.74 Å². The van der Waals surface area contributed by atoms with Crippen LogP contribution in [0.15, 0.2) is 17.8 Å². The first-order valence-electron chi connectivity index (χ1n) is 6.25. The van der Waals surface area contributed by atoms with Crippen molar-refractivity contribution in [3.63, 3.8) is 0 Å². The second-order valence-corrected chi connectivity index (χ2v) is 5.82. The van der Waals surface area contributed by atoms with E-state index in [2.05, 4.69) is 27.9 Å². The zero-order valence-electron chi connectivity index (χ0n) is 10.4. The van der Waals surface area contributed by atoms with Crippen LogP contribution in [0.1, 0.15) is 19.0 Å². The molecule has 0 bridgehead atoms. The van der Waals surface area contributed by atoms with Crippen LogP contribution in [0.4, 0.5) is 0 Å². The molecule has 1 fully saturated rings. The van der Waals surface area contributed by atoms with Gasteiger partial charge in [-0.25, -0.2) is 4.98 Å². The lowest BCUT2D eigenvalue weighted by Crippen LogP contribution is -2.42. The third-order valence-electron chi connectivity index (χ3n) is 3.58. The number of thiazole rings is 1. The van der Waals surface area contributed by atoms with Gasteiger partial charge in [0.1, 0.15) is 0 Å². The van der Waals surface area contributed by atoms with Gasteiger partial charge in [0.15, 0.2) is 4.96 Å². The van der Waals surface area contributed by atoms with Crippen LogP contribution in [0.25, 0.3) is 4.96 Å². The first kappa shape index (κ1) is 12.1. The van der Waals surface area contributed by atoms with E-state index in [0.717, 1.165) is 30.1 Å². The lowest BCUT2D eigenvalue weighted by molar-refractivity contribution is 0.117. The summed E-state index contributed by atoms with van der Waals surface area (Å²) in [5.41, 5.74) is 4.01. The van der Waals surface area contributed by atoms with Gasteiger partial charge in [-0.1, -0.05) is 0 Å². The number of nitrogens with zero attached hydrogens (tertiary/aromatic N) is 2. The smallest absolute Gasteiger partial charge is 0.193 e. The van der Waals surface area contributed by atoms with E-state index in [1.165, 1.54) is 0 Å². The van der Waals surface area contributed by atoms with E-state index in [1.54, 1.807) is 11.3 Å². The molecule has 3 unspecified atom stereocenters. The molecule has 3 N–H and O–H groups in total. The summed E-state index contributed by atoms with van der Waals surface area (Å²) in [4.78, 5) is 5.63. The van der Waals surface area contributed by atoms with Gasteiger partial charge >= 0.3 is 0 Å². The number of nitrogens with two attached hydrogens (primary N) is 1. The molecule has 3 atom stereocenters. The van der Waals surface area contributed by atoms with Crippen LogP contribution in [-0.4, -0.2) is 28.1 Å². The van der Waals surface area contributed by atoms with E-state index >= 15 is 0 Å². The summed E-state index contributed by atoms with van der Waals surface area (Å²) in [6.07, 6.45) is 6.37. The van der Waals surface area contributed by atoms with Gasteiger partial charge in [0.05, 0.1) is 18.4 Å². The van der Waals surface area contributed by atoms with E-state index < -0.39 is 0 Å². The molecule has 0 radical (unpaired) electrons. The molecule has 0 spiro atoms. The van der Waals surface area contributed by atoms with Crippen molar-refractivity contribution < 1.29 is 4.74 Å². The molecule has 0 saturated carbocycles. The van der Waals surface area contributed by atoms with Crippen molar-refractivity contribution in [1.82, 2.24) is 14.8 Å². The predicted molar refractivity (Wildman–Crippen MR) is 71.4 cm³/mol. The van der Waals surface area contributed by atoms with Gasteiger partial charge in [0.2, 0.25) is 0 Å². The van der Waals surface area contributed by atoms with Crippen LogP contribution in [-0.2, 0) is 11.2 Å². The molecule has 1 aliphatic rings. The summed E-state index contributed by atoms with van der Waals surface area (Å²) in [7, 11) is 0. The highest BCUT2D eigenvalue weighted by atomic mass is 32.1. The van der Waals surface area contributed by atoms with Crippen molar-refractivity contribution in [2.75, 3.05) is 6.61 Å². The molecule has 0 aromatic carbocycles. The van der Waals surface area contributed by atoms with Gasteiger partial charge in [-0.3, -0.25) is 15.7 Å². The van der Waals surface area contributed by atoms with Crippen LogP contribution in [0, 0.1) is 5.92 Å². The molecule has 18 heavy (non-hydrogen) atoms. The number of aromatic nitrogens is 2. The molecule has 2 aromatic heterocycles. The first-order chi connectivity index (χ1) is 8.76. The summed E-state index contributed by atoms with van der Waals surface area (Å²) >= 11 is 1.65. The van der Waals surface area contributed by atoms with Gasteiger partial charge in [-0.2, -0.15) is 0 Å². The fourth-order valence-corrected chi connectivity index (χ4v) is 3.31. The monoisotopic (exact) mass is 266 g/mol. The molecule has 0 aliphatic carbocycles. The molecular formula is C12H18N4OS. The molecule has 1 saturated heterocycles. The maximum Gasteiger partial charge on any atom is 0.193 e. The summed E-state index contributed by atoms with van der Waals surface area (Å²) in [6, 6.07) is 0.236. The molecule has 0 amide bonds. The standard InChI is InChI=1S/C12H18N4OS/c1-8-4-9(7-17-8)11(15-13)5-10-6-16-2-3-18-12(16)14-10/h2-3,6,8-9,11,15H,4-5,7,13H2,1H3. The van der Waals surface area contributed by atoms with Crippen LogP contribution in [0.2, 0.25) is 0 Å². The highest BCUT2D eigenvalue weighted by Crippen LogP contribution is 2.24. The van der Waals surface area contributed by atoms with Gasteiger partial charge in [-0.15, -0.1) is 11.3 Å². The molecule has 6 heteroatoms. The second-order valence-electron chi connectivity index (χ2n) is 4.94. The van der Waals surface area contributed by atoms with Gasteiger partial charge in [0, 0.05) is 36.2 Å². The highest BCUT2D eigenvalue weighted by molar-refractivity contribution is 7.15.